The normalized spacial score (nSPS) is 18.3. The van der Waals surface area contributed by atoms with Gasteiger partial charge in [0.2, 0.25) is 0 Å². The molecule has 1 spiro atoms. The van der Waals surface area contributed by atoms with E-state index in [1.54, 1.807) is 12.1 Å². The minimum absolute atomic E-state index is 0.106. The van der Waals surface area contributed by atoms with Crippen molar-refractivity contribution in [1.82, 2.24) is 24.6 Å². The number of benzene rings is 1. The van der Waals surface area contributed by atoms with Crippen LogP contribution in [-0.2, 0) is 17.8 Å². The Bertz CT molecular complexity index is 1270. The van der Waals surface area contributed by atoms with Gasteiger partial charge in [0.05, 0.1) is 18.8 Å². The minimum Gasteiger partial charge on any atom is -0.440 e. The van der Waals surface area contributed by atoms with Crippen molar-refractivity contribution in [2.45, 2.75) is 38.0 Å². The molecular formula is C25H25ClF2N6O2. The predicted molar refractivity (Wildman–Crippen MR) is 129 cm³/mol. The van der Waals surface area contributed by atoms with Crippen LogP contribution >= 0.6 is 11.6 Å². The van der Waals surface area contributed by atoms with Gasteiger partial charge in [-0.25, -0.2) is 18.6 Å². The summed E-state index contributed by atoms with van der Waals surface area (Å²) in [5.41, 5.74) is 1.89. The molecule has 0 N–H and O–H groups in total. The maximum absolute atomic E-state index is 13.0. The molecular weight excluding hydrogens is 490 g/mol. The van der Waals surface area contributed by atoms with Gasteiger partial charge in [0.1, 0.15) is 25.0 Å². The van der Waals surface area contributed by atoms with Gasteiger partial charge >= 0.3 is 6.09 Å². The maximum Gasteiger partial charge on any atom is 0.410 e. The summed E-state index contributed by atoms with van der Waals surface area (Å²) in [6.45, 7) is 0.0561. The Morgan fingerprint density at radius 2 is 1.94 bits per heavy atom. The Kier molecular flexibility index (Phi) is 5.78. The summed E-state index contributed by atoms with van der Waals surface area (Å²) in [6.07, 6.45) is 1.58. The molecule has 1 amide bonds. The van der Waals surface area contributed by atoms with Gasteiger partial charge < -0.3 is 9.64 Å². The van der Waals surface area contributed by atoms with Crippen molar-refractivity contribution in [3.8, 4) is 5.69 Å². The minimum atomic E-state index is -1.42. The molecule has 1 saturated carbocycles. The molecule has 1 aliphatic carbocycles. The zero-order valence-electron chi connectivity index (χ0n) is 19.5. The Labute approximate surface area is 211 Å². The summed E-state index contributed by atoms with van der Waals surface area (Å²) in [5.74, 6) is 2.67. The molecule has 0 radical (unpaired) electrons. The highest BCUT2D eigenvalue weighted by Gasteiger charge is 2.54. The second-order valence-corrected chi connectivity index (χ2v) is 10.3. The summed E-state index contributed by atoms with van der Waals surface area (Å²) in [4.78, 5) is 20.9. The van der Waals surface area contributed by atoms with E-state index in [-0.39, 0.29) is 24.4 Å². The first-order chi connectivity index (χ1) is 17.5. The lowest BCUT2D eigenvalue weighted by molar-refractivity contribution is 0.0354. The Hall–Kier alpha value is -3.27. The SMILES string of the molecule is O=C(OC(CF)CF)N1Cc2cc(Cl)ccc2-n2c(nnc2C2CC3(C2)CN(c2ccccn2)C3)C1. The van der Waals surface area contributed by atoms with E-state index >= 15 is 0 Å². The van der Waals surface area contributed by atoms with Gasteiger partial charge in [0, 0.05) is 35.6 Å². The van der Waals surface area contributed by atoms with Crippen LogP contribution in [0.4, 0.5) is 19.4 Å². The molecule has 1 aromatic carbocycles. The van der Waals surface area contributed by atoms with Crippen LogP contribution in [0.1, 0.15) is 36.0 Å². The molecule has 2 aromatic heterocycles. The monoisotopic (exact) mass is 514 g/mol. The van der Waals surface area contributed by atoms with Gasteiger partial charge in [-0.2, -0.15) is 0 Å². The molecule has 1 saturated heterocycles. The molecule has 2 fully saturated rings. The van der Waals surface area contributed by atoms with E-state index in [1.807, 2.05) is 35.0 Å². The lowest BCUT2D eigenvalue weighted by Crippen LogP contribution is -2.62. The van der Waals surface area contributed by atoms with Crippen molar-refractivity contribution in [1.29, 1.82) is 0 Å². The van der Waals surface area contributed by atoms with E-state index in [0.717, 1.165) is 48.8 Å². The summed E-state index contributed by atoms with van der Waals surface area (Å²) < 4.78 is 33.0. The number of rotatable bonds is 5. The van der Waals surface area contributed by atoms with Crippen LogP contribution in [0.15, 0.2) is 42.6 Å². The quantitative estimate of drug-likeness (QED) is 0.500. The van der Waals surface area contributed by atoms with Crippen molar-refractivity contribution >= 4 is 23.5 Å². The van der Waals surface area contributed by atoms with E-state index in [4.69, 9.17) is 16.3 Å². The molecule has 3 aromatic rings. The third-order valence-corrected chi connectivity index (χ3v) is 7.59. The number of ether oxygens (including phenoxy) is 1. The van der Waals surface area contributed by atoms with E-state index in [2.05, 4.69) is 20.1 Å². The van der Waals surface area contributed by atoms with E-state index in [0.29, 0.717) is 10.8 Å². The van der Waals surface area contributed by atoms with Crippen LogP contribution in [0, 0.1) is 5.41 Å². The van der Waals surface area contributed by atoms with Gasteiger partial charge in [0.25, 0.3) is 0 Å². The number of aromatic nitrogens is 4. The zero-order valence-corrected chi connectivity index (χ0v) is 20.2. The Morgan fingerprint density at radius 1 is 1.14 bits per heavy atom. The van der Waals surface area contributed by atoms with Gasteiger partial charge in [-0.15, -0.1) is 10.2 Å². The first-order valence-electron chi connectivity index (χ1n) is 11.9. The first kappa shape index (κ1) is 23.1. The highest BCUT2D eigenvalue weighted by Crippen LogP contribution is 2.56. The topological polar surface area (TPSA) is 76.4 Å². The van der Waals surface area contributed by atoms with E-state index < -0.39 is 25.5 Å². The molecule has 11 heteroatoms. The molecule has 2 aliphatic heterocycles. The Morgan fingerprint density at radius 3 is 2.67 bits per heavy atom. The third kappa shape index (κ3) is 3.97. The number of nitrogens with zero attached hydrogens (tertiary/aromatic N) is 6. The lowest BCUT2D eigenvalue weighted by atomic mass is 9.57. The molecule has 8 nitrogen and oxygen atoms in total. The average Bonchev–Trinajstić information content (AvgIpc) is 3.16. The fourth-order valence-electron chi connectivity index (χ4n) is 5.63. The summed E-state index contributed by atoms with van der Waals surface area (Å²) in [7, 11) is 0. The van der Waals surface area contributed by atoms with Crippen molar-refractivity contribution in [3.63, 3.8) is 0 Å². The number of pyridine rings is 1. The predicted octanol–water partition coefficient (Wildman–Crippen LogP) is 4.46. The standard InChI is InChI=1S/C25H25ClF2N6O2/c26-18-4-5-20-16(7-18)12-32(24(35)36-19(10-27)11-28)13-22-30-31-23(34(20)22)17-8-25(9-17)14-33(15-25)21-3-1-2-6-29-21/h1-7,17,19H,8-15H2. The maximum atomic E-state index is 13.0. The number of hydrogen-bond donors (Lipinski definition) is 0. The van der Waals surface area contributed by atoms with Gasteiger partial charge in [-0.3, -0.25) is 9.47 Å². The van der Waals surface area contributed by atoms with Crippen LogP contribution in [-0.4, -0.2) is 63.3 Å². The van der Waals surface area contributed by atoms with Crippen LogP contribution in [0.3, 0.4) is 0 Å². The molecule has 0 bridgehead atoms. The summed E-state index contributed by atoms with van der Waals surface area (Å²) in [5, 5.41) is 9.46. The van der Waals surface area contributed by atoms with Crippen molar-refractivity contribution in [2.24, 2.45) is 5.41 Å². The number of carbonyl (C=O) groups excluding carboxylic acids is 1. The van der Waals surface area contributed by atoms with Crippen molar-refractivity contribution in [2.75, 3.05) is 31.3 Å². The Balaban J connectivity index is 1.24. The van der Waals surface area contributed by atoms with Gasteiger partial charge in [-0.1, -0.05) is 17.7 Å². The molecule has 4 heterocycles. The van der Waals surface area contributed by atoms with E-state index in [1.165, 1.54) is 4.90 Å². The number of amides is 1. The number of halogens is 3. The van der Waals surface area contributed by atoms with Gasteiger partial charge in [-0.05, 0) is 48.7 Å². The second-order valence-electron chi connectivity index (χ2n) is 9.90. The number of alkyl halides is 2. The lowest BCUT2D eigenvalue weighted by Gasteiger charge is -2.59. The summed E-state index contributed by atoms with van der Waals surface area (Å²) in [6, 6.07) is 11.4. The molecule has 36 heavy (non-hydrogen) atoms. The number of anilines is 1. The van der Waals surface area contributed by atoms with Crippen LogP contribution in [0.5, 0.6) is 0 Å². The zero-order chi connectivity index (χ0) is 24.9. The average molecular weight is 515 g/mol. The fourth-order valence-corrected chi connectivity index (χ4v) is 5.83. The third-order valence-electron chi connectivity index (χ3n) is 7.35. The van der Waals surface area contributed by atoms with E-state index in [9.17, 15) is 13.6 Å². The highest BCUT2D eigenvalue weighted by atomic mass is 35.5. The van der Waals surface area contributed by atoms with Gasteiger partial charge in [0.15, 0.2) is 11.9 Å². The highest BCUT2D eigenvalue weighted by molar-refractivity contribution is 6.30. The number of carbonyl (C=O) groups is 1. The number of hydrogen-bond acceptors (Lipinski definition) is 6. The first-order valence-corrected chi connectivity index (χ1v) is 12.3. The number of fused-ring (bicyclic) bond motifs is 3. The molecule has 188 valence electrons. The largest absolute Gasteiger partial charge is 0.440 e. The molecule has 0 atom stereocenters. The molecule has 6 rings (SSSR count). The van der Waals surface area contributed by atoms with Crippen LogP contribution < -0.4 is 4.90 Å². The molecule has 3 aliphatic rings. The van der Waals surface area contributed by atoms with Crippen LogP contribution in [0.2, 0.25) is 5.02 Å². The smallest absolute Gasteiger partial charge is 0.410 e. The second kappa shape index (κ2) is 8.99. The fraction of sp³-hybridized carbons (Fsp3) is 0.440. The van der Waals surface area contributed by atoms with Crippen molar-refractivity contribution < 1.29 is 18.3 Å². The summed E-state index contributed by atoms with van der Waals surface area (Å²) >= 11 is 6.27. The van der Waals surface area contributed by atoms with Crippen LogP contribution in [0.25, 0.3) is 5.69 Å². The van der Waals surface area contributed by atoms with Crippen molar-refractivity contribution in [3.05, 3.63) is 64.8 Å². The molecule has 0 unspecified atom stereocenters.